The molecule has 7 heteroatoms. The minimum Gasteiger partial charge on any atom is -0.321 e. The van der Waals surface area contributed by atoms with E-state index in [4.69, 9.17) is 14.3 Å². The number of nitrogens with zero attached hydrogens (tertiary/aromatic N) is 2. The molecule has 0 saturated carbocycles. The highest BCUT2D eigenvalue weighted by atomic mass is 33.1. The SMILES string of the molecule is CC(C)N(C(C)C)P(OCCC#N)OC1CCSSC1. The summed E-state index contributed by atoms with van der Waals surface area (Å²) in [6, 6.07) is 2.87. The quantitative estimate of drug-likeness (QED) is 0.371. The van der Waals surface area contributed by atoms with Gasteiger partial charge in [0.2, 0.25) is 0 Å². The molecule has 0 radical (unpaired) electrons. The highest BCUT2D eigenvalue weighted by molar-refractivity contribution is 8.76. The Morgan fingerprint density at radius 3 is 2.50 bits per heavy atom. The van der Waals surface area contributed by atoms with Crippen LogP contribution in [0.25, 0.3) is 0 Å². The van der Waals surface area contributed by atoms with Gasteiger partial charge in [0, 0.05) is 23.6 Å². The Bertz CT molecular complexity index is 299. The van der Waals surface area contributed by atoms with Gasteiger partial charge in [0.1, 0.15) is 0 Å². The van der Waals surface area contributed by atoms with Gasteiger partial charge in [-0.25, -0.2) is 4.67 Å². The zero-order valence-electron chi connectivity index (χ0n) is 12.7. The maximum atomic E-state index is 8.67. The summed E-state index contributed by atoms with van der Waals surface area (Å²) in [4.78, 5) is 0. The first-order valence-electron chi connectivity index (χ1n) is 7.05. The molecule has 1 aliphatic rings. The van der Waals surface area contributed by atoms with Crippen molar-refractivity contribution in [2.45, 2.75) is 58.7 Å². The van der Waals surface area contributed by atoms with E-state index in [9.17, 15) is 0 Å². The molecule has 1 saturated heterocycles. The van der Waals surface area contributed by atoms with Crippen molar-refractivity contribution in [2.24, 2.45) is 0 Å². The van der Waals surface area contributed by atoms with E-state index in [1.165, 1.54) is 0 Å². The average molecular weight is 336 g/mol. The topological polar surface area (TPSA) is 45.5 Å². The van der Waals surface area contributed by atoms with Gasteiger partial charge in [-0.05, 0) is 34.1 Å². The van der Waals surface area contributed by atoms with Gasteiger partial charge in [0.25, 0.3) is 8.53 Å². The van der Waals surface area contributed by atoms with Gasteiger partial charge in [-0.1, -0.05) is 21.6 Å². The molecule has 0 aliphatic carbocycles. The minimum absolute atomic E-state index is 0.273. The first-order chi connectivity index (χ1) is 9.56. The van der Waals surface area contributed by atoms with Crippen LogP contribution in [-0.4, -0.2) is 41.0 Å². The van der Waals surface area contributed by atoms with E-state index in [0.29, 0.717) is 25.1 Å². The highest BCUT2D eigenvalue weighted by Crippen LogP contribution is 2.49. The Hall–Kier alpha value is 0.500. The summed E-state index contributed by atoms with van der Waals surface area (Å²) in [5, 5.41) is 8.67. The van der Waals surface area contributed by atoms with Crippen molar-refractivity contribution in [1.29, 1.82) is 5.26 Å². The van der Waals surface area contributed by atoms with Crippen LogP contribution in [0.2, 0.25) is 0 Å². The van der Waals surface area contributed by atoms with Gasteiger partial charge in [-0.15, -0.1) is 0 Å². The van der Waals surface area contributed by atoms with Gasteiger partial charge >= 0.3 is 0 Å². The molecule has 0 bridgehead atoms. The monoisotopic (exact) mass is 336 g/mol. The fraction of sp³-hybridized carbons (Fsp3) is 0.923. The van der Waals surface area contributed by atoms with Crippen LogP contribution >= 0.6 is 30.1 Å². The Balaban J connectivity index is 2.63. The number of rotatable bonds is 8. The van der Waals surface area contributed by atoms with Gasteiger partial charge in [0.05, 0.1) is 25.2 Å². The standard InChI is InChI=1S/C13H25N2O2PS2/c1-11(2)15(12(3)4)18(16-8-5-7-14)17-13-6-9-19-20-10-13/h11-13H,5-6,8-10H2,1-4H3. The molecule has 116 valence electrons. The fourth-order valence-corrected chi connectivity index (χ4v) is 6.14. The molecule has 0 aromatic rings. The van der Waals surface area contributed by atoms with Crippen molar-refractivity contribution in [2.75, 3.05) is 18.1 Å². The maximum absolute atomic E-state index is 8.67. The van der Waals surface area contributed by atoms with Crippen molar-refractivity contribution < 1.29 is 9.05 Å². The minimum atomic E-state index is -1.08. The molecule has 0 aromatic carbocycles. The lowest BCUT2D eigenvalue weighted by Gasteiger charge is -2.37. The summed E-state index contributed by atoms with van der Waals surface area (Å²) in [5.41, 5.74) is 0. The molecular weight excluding hydrogens is 311 g/mol. The lowest BCUT2D eigenvalue weighted by molar-refractivity contribution is 0.141. The molecule has 0 N–H and O–H groups in total. The van der Waals surface area contributed by atoms with Crippen LogP contribution in [0.5, 0.6) is 0 Å². The molecule has 4 nitrogen and oxygen atoms in total. The Morgan fingerprint density at radius 1 is 1.30 bits per heavy atom. The normalized spacial score (nSPS) is 21.4. The van der Waals surface area contributed by atoms with E-state index in [1.807, 2.05) is 21.6 Å². The van der Waals surface area contributed by atoms with Gasteiger partial charge in [-0.3, -0.25) is 0 Å². The molecule has 0 amide bonds. The van der Waals surface area contributed by atoms with Crippen LogP contribution in [0.4, 0.5) is 0 Å². The predicted octanol–water partition coefficient (Wildman–Crippen LogP) is 4.43. The molecule has 1 rings (SSSR count). The van der Waals surface area contributed by atoms with Crippen LogP contribution in [0.1, 0.15) is 40.5 Å². The molecule has 1 heterocycles. The van der Waals surface area contributed by atoms with Crippen LogP contribution in [0.15, 0.2) is 0 Å². The second-order valence-electron chi connectivity index (χ2n) is 5.17. The van der Waals surface area contributed by atoms with Crippen LogP contribution in [0.3, 0.4) is 0 Å². The van der Waals surface area contributed by atoms with E-state index < -0.39 is 8.53 Å². The second kappa shape index (κ2) is 10.3. The van der Waals surface area contributed by atoms with Crippen molar-refractivity contribution in [3.8, 4) is 6.07 Å². The van der Waals surface area contributed by atoms with E-state index in [0.717, 1.165) is 17.9 Å². The van der Waals surface area contributed by atoms with Crippen LogP contribution < -0.4 is 0 Å². The number of hydrogen-bond acceptors (Lipinski definition) is 6. The van der Waals surface area contributed by atoms with Gasteiger partial charge in [0.15, 0.2) is 0 Å². The number of hydrogen-bond donors (Lipinski definition) is 0. The van der Waals surface area contributed by atoms with Crippen LogP contribution in [0, 0.1) is 11.3 Å². The first-order valence-corrected chi connectivity index (χ1v) is 10.7. The lowest BCUT2D eigenvalue weighted by atomic mass is 10.3. The average Bonchev–Trinajstić information content (AvgIpc) is 2.39. The summed E-state index contributed by atoms with van der Waals surface area (Å²) in [7, 11) is 2.71. The van der Waals surface area contributed by atoms with Crippen molar-refractivity contribution in [3.05, 3.63) is 0 Å². The summed E-state index contributed by atoms with van der Waals surface area (Å²) in [6.07, 6.45) is 1.78. The molecular formula is C13H25N2O2PS2. The third kappa shape index (κ3) is 6.51. The summed E-state index contributed by atoms with van der Waals surface area (Å²) >= 11 is 0. The summed E-state index contributed by atoms with van der Waals surface area (Å²) < 4.78 is 14.4. The number of nitriles is 1. The predicted molar refractivity (Wildman–Crippen MR) is 89.6 cm³/mol. The van der Waals surface area contributed by atoms with Crippen molar-refractivity contribution >= 4 is 30.1 Å². The smallest absolute Gasteiger partial charge is 0.259 e. The summed E-state index contributed by atoms with van der Waals surface area (Å²) in [6.45, 7) is 9.11. The zero-order chi connectivity index (χ0) is 15.0. The molecule has 1 fully saturated rings. The lowest BCUT2D eigenvalue weighted by Crippen LogP contribution is -2.35. The van der Waals surface area contributed by atoms with E-state index in [-0.39, 0.29) is 6.10 Å². The van der Waals surface area contributed by atoms with E-state index >= 15 is 0 Å². The fourth-order valence-electron chi connectivity index (χ4n) is 1.95. The molecule has 1 aliphatic heterocycles. The molecule has 2 atom stereocenters. The Labute approximate surface area is 132 Å². The zero-order valence-corrected chi connectivity index (χ0v) is 15.3. The third-order valence-electron chi connectivity index (χ3n) is 2.76. The van der Waals surface area contributed by atoms with Gasteiger partial charge < -0.3 is 9.05 Å². The van der Waals surface area contributed by atoms with Crippen molar-refractivity contribution in [3.63, 3.8) is 0 Å². The van der Waals surface area contributed by atoms with Crippen molar-refractivity contribution in [1.82, 2.24) is 4.67 Å². The van der Waals surface area contributed by atoms with Gasteiger partial charge in [-0.2, -0.15) is 5.26 Å². The summed E-state index contributed by atoms with van der Waals surface area (Å²) in [5.74, 6) is 2.16. The Kier molecular flexibility index (Phi) is 9.52. The van der Waals surface area contributed by atoms with Crippen LogP contribution in [-0.2, 0) is 9.05 Å². The van der Waals surface area contributed by atoms with E-state index in [2.05, 4.69) is 38.4 Å². The second-order valence-corrected chi connectivity index (χ2v) is 9.20. The first kappa shape index (κ1) is 18.5. The molecule has 0 spiro atoms. The third-order valence-corrected chi connectivity index (χ3v) is 7.43. The maximum Gasteiger partial charge on any atom is 0.259 e. The Morgan fingerprint density at radius 2 is 2.00 bits per heavy atom. The molecule has 0 aromatic heterocycles. The largest absolute Gasteiger partial charge is 0.321 e. The highest BCUT2D eigenvalue weighted by Gasteiger charge is 2.30. The molecule has 2 unspecified atom stereocenters. The molecule has 20 heavy (non-hydrogen) atoms. The van der Waals surface area contributed by atoms with E-state index in [1.54, 1.807) is 0 Å².